The van der Waals surface area contributed by atoms with Crippen LogP contribution in [0.2, 0.25) is 0 Å². The number of nitrogens with zero attached hydrogens (tertiary/aromatic N) is 4. The van der Waals surface area contributed by atoms with E-state index < -0.39 is 10.0 Å². The lowest BCUT2D eigenvalue weighted by Crippen LogP contribution is -2.27. The standard InChI is InChI=1S/C17H17N5O4S3/c23-14(19-16-18-7-10-27-16)11-28-17-21-20-15(26-17)12-3-5-13(6-4-12)29(24,25)22-8-1-2-9-22/h3-7,10H,1-2,8-9,11H2,(H,18,19,23). The predicted molar refractivity (Wildman–Crippen MR) is 109 cm³/mol. The second-order valence-corrected chi connectivity index (χ2v) is 9.94. The van der Waals surface area contributed by atoms with E-state index >= 15 is 0 Å². The Hall–Kier alpha value is -2.28. The van der Waals surface area contributed by atoms with Crippen molar-refractivity contribution in [2.45, 2.75) is 23.0 Å². The second-order valence-electron chi connectivity index (χ2n) is 6.18. The Bertz CT molecular complexity index is 1070. The summed E-state index contributed by atoms with van der Waals surface area (Å²) in [5.74, 6) is 0.146. The molecule has 0 radical (unpaired) electrons. The highest BCUT2D eigenvalue weighted by molar-refractivity contribution is 7.99. The fourth-order valence-electron chi connectivity index (χ4n) is 2.80. The molecule has 0 aliphatic carbocycles. The third kappa shape index (κ3) is 4.66. The highest BCUT2D eigenvalue weighted by Crippen LogP contribution is 2.26. The fraction of sp³-hybridized carbons (Fsp3) is 0.294. The summed E-state index contributed by atoms with van der Waals surface area (Å²) < 4.78 is 32.2. The van der Waals surface area contributed by atoms with Gasteiger partial charge in [-0.1, -0.05) is 11.8 Å². The molecule has 29 heavy (non-hydrogen) atoms. The molecule has 1 amide bonds. The van der Waals surface area contributed by atoms with Crippen LogP contribution in [0, 0.1) is 0 Å². The van der Waals surface area contributed by atoms with Gasteiger partial charge in [0.25, 0.3) is 5.22 Å². The molecular weight excluding hydrogens is 434 g/mol. The Labute approximate surface area is 175 Å². The summed E-state index contributed by atoms with van der Waals surface area (Å²) in [5.41, 5.74) is 0.608. The first-order valence-electron chi connectivity index (χ1n) is 8.78. The lowest BCUT2D eigenvalue weighted by Gasteiger charge is -2.15. The SMILES string of the molecule is O=C(CSc1nnc(-c2ccc(S(=O)(=O)N3CCCC3)cc2)o1)Nc1nccs1. The van der Waals surface area contributed by atoms with Gasteiger partial charge in [0.1, 0.15) is 0 Å². The van der Waals surface area contributed by atoms with Gasteiger partial charge in [0.15, 0.2) is 5.13 Å². The molecule has 2 aromatic heterocycles. The average molecular weight is 452 g/mol. The van der Waals surface area contributed by atoms with E-state index in [1.54, 1.807) is 35.8 Å². The fourth-order valence-corrected chi connectivity index (χ4v) is 5.42. The Morgan fingerprint density at radius 1 is 1.21 bits per heavy atom. The van der Waals surface area contributed by atoms with E-state index in [1.807, 2.05) is 0 Å². The summed E-state index contributed by atoms with van der Waals surface area (Å²) in [4.78, 5) is 16.1. The van der Waals surface area contributed by atoms with Gasteiger partial charge in [0, 0.05) is 30.2 Å². The van der Waals surface area contributed by atoms with Crippen molar-refractivity contribution in [3.63, 3.8) is 0 Å². The zero-order valence-electron chi connectivity index (χ0n) is 15.1. The van der Waals surface area contributed by atoms with Crippen LogP contribution in [-0.2, 0) is 14.8 Å². The average Bonchev–Trinajstić information content (AvgIpc) is 3.49. The van der Waals surface area contributed by atoms with Crippen LogP contribution in [0.4, 0.5) is 5.13 Å². The summed E-state index contributed by atoms with van der Waals surface area (Å²) >= 11 is 2.45. The van der Waals surface area contributed by atoms with Gasteiger partial charge in [-0.3, -0.25) is 4.79 Å². The van der Waals surface area contributed by atoms with Crippen molar-refractivity contribution in [1.29, 1.82) is 0 Å². The van der Waals surface area contributed by atoms with E-state index in [4.69, 9.17) is 4.42 Å². The summed E-state index contributed by atoms with van der Waals surface area (Å²) in [6.07, 6.45) is 3.39. The van der Waals surface area contributed by atoms with Crippen LogP contribution in [0.15, 0.2) is 50.4 Å². The van der Waals surface area contributed by atoms with E-state index in [-0.39, 0.29) is 27.7 Å². The van der Waals surface area contributed by atoms with Crippen LogP contribution < -0.4 is 5.32 Å². The molecule has 1 aliphatic rings. The van der Waals surface area contributed by atoms with E-state index in [0.29, 0.717) is 23.8 Å². The highest BCUT2D eigenvalue weighted by atomic mass is 32.2. The monoisotopic (exact) mass is 451 g/mol. The molecule has 1 N–H and O–H groups in total. The molecule has 1 saturated heterocycles. The van der Waals surface area contributed by atoms with Crippen LogP contribution in [0.1, 0.15) is 12.8 Å². The van der Waals surface area contributed by atoms with Crippen molar-refractivity contribution in [2.75, 3.05) is 24.2 Å². The normalized spacial score (nSPS) is 14.9. The van der Waals surface area contributed by atoms with Crippen LogP contribution in [0.25, 0.3) is 11.5 Å². The molecule has 0 unspecified atom stereocenters. The predicted octanol–water partition coefficient (Wildman–Crippen LogP) is 2.71. The number of thioether (sulfide) groups is 1. The van der Waals surface area contributed by atoms with Crippen molar-refractivity contribution in [2.24, 2.45) is 0 Å². The Kier molecular flexibility index (Phi) is 5.94. The molecule has 9 nitrogen and oxygen atoms in total. The molecule has 1 aromatic carbocycles. The second kappa shape index (κ2) is 8.61. The number of hydrogen-bond donors (Lipinski definition) is 1. The number of aromatic nitrogens is 3. The molecule has 4 rings (SSSR count). The largest absolute Gasteiger partial charge is 0.411 e. The van der Waals surface area contributed by atoms with E-state index in [9.17, 15) is 13.2 Å². The van der Waals surface area contributed by atoms with Gasteiger partial charge >= 0.3 is 0 Å². The number of hydrogen-bond acceptors (Lipinski definition) is 9. The number of nitrogens with one attached hydrogen (secondary N) is 1. The zero-order valence-corrected chi connectivity index (χ0v) is 17.6. The number of rotatable bonds is 7. The first-order valence-corrected chi connectivity index (χ1v) is 12.1. The van der Waals surface area contributed by atoms with E-state index in [0.717, 1.165) is 24.6 Å². The van der Waals surface area contributed by atoms with Gasteiger partial charge in [0.2, 0.25) is 21.8 Å². The summed E-state index contributed by atoms with van der Waals surface area (Å²) in [6.45, 7) is 1.12. The number of anilines is 1. The van der Waals surface area contributed by atoms with E-state index in [2.05, 4.69) is 20.5 Å². The maximum absolute atomic E-state index is 12.6. The molecule has 152 valence electrons. The molecule has 12 heteroatoms. The van der Waals surface area contributed by atoms with Crippen LogP contribution in [-0.4, -0.2) is 52.7 Å². The first kappa shape index (κ1) is 20.0. The minimum atomic E-state index is -3.46. The van der Waals surface area contributed by atoms with Crippen molar-refractivity contribution < 1.29 is 17.6 Å². The number of amides is 1. The Morgan fingerprint density at radius 2 is 1.97 bits per heavy atom. The first-order chi connectivity index (χ1) is 14.0. The number of benzene rings is 1. The number of sulfonamides is 1. The minimum absolute atomic E-state index is 0.105. The molecule has 1 fully saturated rings. The van der Waals surface area contributed by atoms with E-state index in [1.165, 1.54) is 15.6 Å². The van der Waals surface area contributed by atoms with Gasteiger partial charge in [-0.25, -0.2) is 13.4 Å². The van der Waals surface area contributed by atoms with Gasteiger partial charge in [-0.05, 0) is 37.1 Å². The van der Waals surface area contributed by atoms with Crippen LogP contribution in [0.5, 0.6) is 0 Å². The Balaban J connectivity index is 1.38. The minimum Gasteiger partial charge on any atom is -0.411 e. The van der Waals surface area contributed by atoms with Gasteiger partial charge in [-0.15, -0.1) is 21.5 Å². The Morgan fingerprint density at radius 3 is 2.66 bits per heavy atom. The van der Waals surface area contributed by atoms with Crippen molar-refractivity contribution in [1.82, 2.24) is 19.5 Å². The topological polar surface area (TPSA) is 118 Å². The van der Waals surface area contributed by atoms with Gasteiger partial charge in [-0.2, -0.15) is 4.31 Å². The third-order valence-corrected chi connectivity index (χ3v) is 7.64. The summed E-state index contributed by atoms with van der Waals surface area (Å²) in [6, 6.07) is 6.36. The molecule has 0 spiro atoms. The molecule has 3 heterocycles. The number of thiazole rings is 1. The molecule has 0 saturated carbocycles. The van der Waals surface area contributed by atoms with Crippen molar-refractivity contribution >= 4 is 44.2 Å². The molecule has 1 aliphatic heterocycles. The number of carbonyl (C=O) groups excluding carboxylic acids is 1. The quantitative estimate of drug-likeness (QED) is 0.545. The summed E-state index contributed by atoms with van der Waals surface area (Å²) in [5, 5.41) is 13.1. The van der Waals surface area contributed by atoms with Crippen LogP contribution in [0.3, 0.4) is 0 Å². The van der Waals surface area contributed by atoms with Crippen molar-refractivity contribution in [3.05, 3.63) is 35.8 Å². The molecule has 3 aromatic rings. The van der Waals surface area contributed by atoms with Gasteiger partial charge in [0.05, 0.1) is 10.6 Å². The summed E-state index contributed by atoms with van der Waals surface area (Å²) in [7, 11) is -3.46. The lowest BCUT2D eigenvalue weighted by molar-refractivity contribution is -0.113. The maximum atomic E-state index is 12.6. The van der Waals surface area contributed by atoms with Gasteiger partial charge < -0.3 is 9.73 Å². The third-order valence-electron chi connectivity index (χ3n) is 4.22. The highest BCUT2D eigenvalue weighted by Gasteiger charge is 2.27. The van der Waals surface area contributed by atoms with Crippen LogP contribution >= 0.6 is 23.1 Å². The number of carbonyl (C=O) groups is 1. The lowest BCUT2D eigenvalue weighted by atomic mass is 10.2. The maximum Gasteiger partial charge on any atom is 0.277 e. The van der Waals surface area contributed by atoms with Crippen molar-refractivity contribution in [3.8, 4) is 11.5 Å². The molecule has 0 bridgehead atoms. The molecule has 0 atom stereocenters. The zero-order chi connectivity index (χ0) is 20.3. The molecular formula is C17H17N5O4S3. The smallest absolute Gasteiger partial charge is 0.277 e.